The highest BCUT2D eigenvalue weighted by Crippen LogP contribution is 2.10. The number of benzene rings is 1. The standard InChI is InChI=1S/C12H17FN2O4/c13-9-1-3-11(4-2-9)19-8-10(16)7-15-5-6-18-12(14)17/h1-4,10,15-16H,5-8H2,(H2,14,17). The van der Waals surface area contributed by atoms with Crippen molar-refractivity contribution < 1.29 is 23.8 Å². The number of primary amides is 1. The van der Waals surface area contributed by atoms with Crippen molar-refractivity contribution in [2.75, 3.05) is 26.3 Å². The van der Waals surface area contributed by atoms with Gasteiger partial charge < -0.3 is 25.6 Å². The molecule has 0 radical (unpaired) electrons. The van der Waals surface area contributed by atoms with E-state index >= 15 is 0 Å². The molecule has 0 saturated heterocycles. The molecule has 0 saturated carbocycles. The molecular weight excluding hydrogens is 255 g/mol. The van der Waals surface area contributed by atoms with E-state index in [0.29, 0.717) is 12.3 Å². The summed E-state index contributed by atoms with van der Waals surface area (Å²) in [5.41, 5.74) is 4.77. The normalized spacial score (nSPS) is 11.9. The molecule has 0 aliphatic carbocycles. The molecule has 0 aromatic heterocycles. The lowest BCUT2D eigenvalue weighted by atomic mass is 10.3. The lowest BCUT2D eigenvalue weighted by Crippen LogP contribution is -2.33. The number of aliphatic hydroxyl groups excluding tert-OH is 1. The first-order valence-electron chi connectivity index (χ1n) is 5.77. The Morgan fingerprint density at radius 2 is 2.11 bits per heavy atom. The van der Waals surface area contributed by atoms with Crippen LogP contribution in [0.2, 0.25) is 0 Å². The Kier molecular flexibility index (Phi) is 6.62. The minimum Gasteiger partial charge on any atom is -0.491 e. The summed E-state index contributed by atoms with van der Waals surface area (Å²) in [6.07, 6.45) is -1.55. The van der Waals surface area contributed by atoms with Crippen molar-refractivity contribution in [1.82, 2.24) is 5.32 Å². The zero-order chi connectivity index (χ0) is 14.1. The third-order valence-electron chi connectivity index (χ3n) is 2.16. The molecule has 1 rings (SSSR count). The van der Waals surface area contributed by atoms with E-state index in [-0.39, 0.29) is 25.6 Å². The van der Waals surface area contributed by atoms with Crippen molar-refractivity contribution in [3.05, 3.63) is 30.1 Å². The highest BCUT2D eigenvalue weighted by molar-refractivity contribution is 5.64. The number of aliphatic hydroxyl groups is 1. The van der Waals surface area contributed by atoms with Crippen molar-refractivity contribution in [3.8, 4) is 5.75 Å². The molecule has 1 unspecified atom stereocenters. The largest absolute Gasteiger partial charge is 0.491 e. The maximum Gasteiger partial charge on any atom is 0.404 e. The lowest BCUT2D eigenvalue weighted by Gasteiger charge is -2.13. The van der Waals surface area contributed by atoms with Crippen molar-refractivity contribution >= 4 is 6.09 Å². The zero-order valence-electron chi connectivity index (χ0n) is 10.3. The van der Waals surface area contributed by atoms with E-state index in [2.05, 4.69) is 10.1 Å². The predicted octanol–water partition coefficient (Wildman–Crippen LogP) is 0.250. The minimum absolute atomic E-state index is 0.0787. The molecule has 0 aliphatic heterocycles. The van der Waals surface area contributed by atoms with E-state index in [1.165, 1.54) is 24.3 Å². The van der Waals surface area contributed by atoms with Gasteiger partial charge in [-0.2, -0.15) is 0 Å². The summed E-state index contributed by atoms with van der Waals surface area (Å²) < 4.78 is 22.4. The molecule has 0 heterocycles. The Labute approximate surface area is 110 Å². The molecule has 0 bridgehead atoms. The maximum absolute atomic E-state index is 12.6. The molecule has 1 amide bonds. The van der Waals surface area contributed by atoms with E-state index in [9.17, 15) is 14.3 Å². The molecule has 4 N–H and O–H groups in total. The van der Waals surface area contributed by atoms with Gasteiger partial charge in [-0.25, -0.2) is 9.18 Å². The van der Waals surface area contributed by atoms with Gasteiger partial charge in [0.1, 0.15) is 30.9 Å². The van der Waals surface area contributed by atoms with Gasteiger partial charge in [0.2, 0.25) is 0 Å². The molecule has 1 atom stereocenters. The Morgan fingerprint density at radius 1 is 1.42 bits per heavy atom. The minimum atomic E-state index is -0.831. The highest BCUT2D eigenvalue weighted by atomic mass is 19.1. The SMILES string of the molecule is NC(=O)OCCNCC(O)COc1ccc(F)cc1. The Hall–Kier alpha value is -1.86. The number of ether oxygens (including phenoxy) is 2. The number of halogens is 1. The third-order valence-corrected chi connectivity index (χ3v) is 2.16. The first-order valence-corrected chi connectivity index (χ1v) is 5.77. The van der Waals surface area contributed by atoms with Crippen LogP contribution in [-0.2, 0) is 4.74 Å². The van der Waals surface area contributed by atoms with Crippen LogP contribution in [0.25, 0.3) is 0 Å². The number of rotatable bonds is 8. The Balaban J connectivity index is 2.09. The van der Waals surface area contributed by atoms with Crippen LogP contribution in [0.15, 0.2) is 24.3 Å². The van der Waals surface area contributed by atoms with Gasteiger partial charge in [-0.3, -0.25) is 0 Å². The molecule has 0 aliphatic rings. The fraction of sp³-hybridized carbons (Fsp3) is 0.417. The summed E-state index contributed by atoms with van der Waals surface area (Å²) >= 11 is 0. The van der Waals surface area contributed by atoms with Crippen molar-refractivity contribution in [3.63, 3.8) is 0 Å². The third kappa shape index (κ3) is 7.22. The number of amides is 1. The number of nitrogens with one attached hydrogen (secondary N) is 1. The summed E-state index contributed by atoms with van der Waals surface area (Å²) in [4.78, 5) is 10.3. The lowest BCUT2D eigenvalue weighted by molar-refractivity contribution is 0.104. The Bertz CT molecular complexity index is 386. The number of nitrogens with two attached hydrogens (primary N) is 1. The summed E-state index contributed by atoms with van der Waals surface area (Å²) in [5, 5.41) is 12.4. The van der Waals surface area contributed by atoms with E-state index in [0.717, 1.165) is 0 Å². The van der Waals surface area contributed by atoms with Gasteiger partial charge in [0.25, 0.3) is 0 Å². The van der Waals surface area contributed by atoms with Crippen LogP contribution >= 0.6 is 0 Å². The van der Waals surface area contributed by atoms with Crippen LogP contribution in [-0.4, -0.2) is 43.6 Å². The zero-order valence-corrected chi connectivity index (χ0v) is 10.3. The first-order chi connectivity index (χ1) is 9.08. The average Bonchev–Trinajstić information content (AvgIpc) is 2.37. The van der Waals surface area contributed by atoms with E-state index in [1.807, 2.05) is 0 Å². The van der Waals surface area contributed by atoms with Gasteiger partial charge in [-0.15, -0.1) is 0 Å². The van der Waals surface area contributed by atoms with Crippen LogP contribution in [0.1, 0.15) is 0 Å². The number of hydrogen-bond donors (Lipinski definition) is 3. The van der Waals surface area contributed by atoms with Gasteiger partial charge in [0.15, 0.2) is 0 Å². The monoisotopic (exact) mass is 272 g/mol. The molecule has 106 valence electrons. The van der Waals surface area contributed by atoms with E-state index in [4.69, 9.17) is 10.5 Å². The van der Waals surface area contributed by atoms with Crippen LogP contribution in [0, 0.1) is 5.82 Å². The first kappa shape index (κ1) is 15.2. The van der Waals surface area contributed by atoms with Gasteiger partial charge in [0, 0.05) is 13.1 Å². The van der Waals surface area contributed by atoms with Crippen LogP contribution in [0.3, 0.4) is 0 Å². The van der Waals surface area contributed by atoms with E-state index in [1.54, 1.807) is 0 Å². The fourth-order valence-electron chi connectivity index (χ4n) is 1.27. The summed E-state index contributed by atoms with van der Waals surface area (Å²) in [6.45, 7) is 0.885. The second-order valence-corrected chi connectivity index (χ2v) is 3.79. The van der Waals surface area contributed by atoms with Crippen LogP contribution in [0.4, 0.5) is 9.18 Å². The molecular formula is C12H17FN2O4. The molecule has 7 heteroatoms. The van der Waals surface area contributed by atoms with Gasteiger partial charge in [-0.1, -0.05) is 0 Å². The van der Waals surface area contributed by atoms with Crippen molar-refractivity contribution in [1.29, 1.82) is 0 Å². The number of carbonyl (C=O) groups excluding carboxylic acids is 1. The summed E-state index contributed by atoms with van der Waals surface area (Å²) in [5.74, 6) is 0.140. The molecule has 0 spiro atoms. The average molecular weight is 272 g/mol. The van der Waals surface area contributed by atoms with Crippen LogP contribution in [0.5, 0.6) is 5.75 Å². The quantitative estimate of drug-likeness (QED) is 0.590. The topological polar surface area (TPSA) is 93.8 Å². The van der Waals surface area contributed by atoms with Gasteiger partial charge >= 0.3 is 6.09 Å². The fourth-order valence-corrected chi connectivity index (χ4v) is 1.27. The smallest absolute Gasteiger partial charge is 0.404 e. The molecule has 1 aromatic rings. The molecule has 6 nitrogen and oxygen atoms in total. The summed E-state index contributed by atoms with van der Waals surface area (Å²) in [6, 6.07) is 5.52. The van der Waals surface area contributed by atoms with E-state index < -0.39 is 12.2 Å². The summed E-state index contributed by atoms with van der Waals surface area (Å²) in [7, 11) is 0. The molecule has 0 fully saturated rings. The molecule has 1 aromatic carbocycles. The Morgan fingerprint density at radius 3 is 2.74 bits per heavy atom. The number of carbonyl (C=O) groups is 1. The van der Waals surface area contributed by atoms with Crippen LogP contribution < -0.4 is 15.8 Å². The van der Waals surface area contributed by atoms with Gasteiger partial charge in [-0.05, 0) is 24.3 Å². The second-order valence-electron chi connectivity index (χ2n) is 3.79. The van der Waals surface area contributed by atoms with Gasteiger partial charge in [0.05, 0.1) is 0 Å². The molecule has 19 heavy (non-hydrogen) atoms. The van der Waals surface area contributed by atoms with Crippen molar-refractivity contribution in [2.24, 2.45) is 5.73 Å². The van der Waals surface area contributed by atoms with Crippen molar-refractivity contribution in [2.45, 2.75) is 6.10 Å². The second kappa shape index (κ2) is 8.28. The predicted molar refractivity (Wildman–Crippen MR) is 66.3 cm³/mol. The highest BCUT2D eigenvalue weighted by Gasteiger charge is 2.05. The number of hydrogen-bond acceptors (Lipinski definition) is 5. The maximum atomic E-state index is 12.6.